The highest BCUT2D eigenvalue weighted by Gasteiger charge is 2.47. The van der Waals surface area contributed by atoms with Gasteiger partial charge in [0.25, 0.3) is 0 Å². The van der Waals surface area contributed by atoms with Gasteiger partial charge in [0.15, 0.2) is 0 Å². The second-order valence-corrected chi connectivity index (χ2v) is 9.74. The molecule has 1 unspecified atom stereocenters. The summed E-state index contributed by atoms with van der Waals surface area (Å²) in [6, 6.07) is 16.1. The minimum Gasteiger partial charge on any atom is -0.481 e. The summed E-state index contributed by atoms with van der Waals surface area (Å²) in [6.07, 6.45) is 3.63. The molecule has 178 valence electrons. The summed E-state index contributed by atoms with van der Waals surface area (Å²) in [5, 5.41) is 12.1. The third kappa shape index (κ3) is 4.52. The molecule has 7 heteroatoms. The molecule has 2 aromatic carbocycles. The molecule has 2 aromatic rings. The minimum absolute atomic E-state index is 0.0138. The van der Waals surface area contributed by atoms with Gasteiger partial charge in [0, 0.05) is 18.5 Å². The van der Waals surface area contributed by atoms with Gasteiger partial charge >= 0.3 is 12.1 Å². The van der Waals surface area contributed by atoms with Crippen LogP contribution in [0.3, 0.4) is 0 Å². The van der Waals surface area contributed by atoms with E-state index in [4.69, 9.17) is 4.74 Å². The molecule has 0 aromatic heterocycles. The monoisotopic (exact) mass is 462 g/mol. The summed E-state index contributed by atoms with van der Waals surface area (Å²) in [6.45, 7) is 0.814. The van der Waals surface area contributed by atoms with E-state index in [1.807, 2.05) is 24.3 Å². The lowest BCUT2D eigenvalue weighted by Crippen LogP contribution is -2.48. The van der Waals surface area contributed by atoms with Crippen molar-refractivity contribution in [1.29, 1.82) is 0 Å². The Morgan fingerprint density at radius 3 is 2.26 bits per heavy atom. The number of hydrogen-bond donors (Lipinski definition) is 2. The number of rotatable bonds is 7. The summed E-state index contributed by atoms with van der Waals surface area (Å²) >= 11 is 0. The summed E-state index contributed by atoms with van der Waals surface area (Å²) < 4.78 is 5.66. The Kier molecular flexibility index (Phi) is 6.02. The van der Waals surface area contributed by atoms with E-state index in [0.717, 1.165) is 36.8 Å². The number of carbonyl (C=O) groups excluding carboxylic acids is 2. The highest BCUT2D eigenvalue weighted by Crippen LogP contribution is 2.45. The maximum Gasteiger partial charge on any atom is 0.407 e. The molecule has 0 radical (unpaired) electrons. The average Bonchev–Trinajstić information content (AvgIpc) is 3.49. The summed E-state index contributed by atoms with van der Waals surface area (Å²) in [5.41, 5.74) is 4.08. The molecule has 1 atom stereocenters. The van der Waals surface area contributed by atoms with Crippen LogP contribution in [-0.2, 0) is 14.3 Å². The predicted molar refractivity (Wildman–Crippen MR) is 126 cm³/mol. The molecule has 1 aliphatic heterocycles. The molecule has 2 aliphatic carbocycles. The Morgan fingerprint density at radius 2 is 1.65 bits per heavy atom. The van der Waals surface area contributed by atoms with E-state index in [9.17, 15) is 19.5 Å². The molecule has 0 bridgehead atoms. The molecule has 3 aliphatic rings. The van der Waals surface area contributed by atoms with Gasteiger partial charge in [-0.15, -0.1) is 0 Å². The number of nitrogens with one attached hydrogen (secondary N) is 1. The van der Waals surface area contributed by atoms with Gasteiger partial charge in [0.1, 0.15) is 6.61 Å². The van der Waals surface area contributed by atoms with Crippen molar-refractivity contribution in [3.63, 3.8) is 0 Å². The summed E-state index contributed by atoms with van der Waals surface area (Å²) in [7, 11) is 0. The fourth-order valence-electron chi connectivity index (χ4n) is 5.48. The van der Waals surface area contributed by atoms with E-state index < -0.39 is 17.6 Å². The first-order chi connectivity index (χ1) is 16.5. The van der Waals surface area contributed by atoms with Crippen LogP contribution in [0, 0.1) is 0 Å². The number of carbonyl (C=O) groups is 3. The molecule has 34 heavy (non-hydrogen) atoms. The zero-order valence-electron chi connectivity index (χ0n) is 19.2. The number of benzene rings is 2. The Morgan fingerprint density at radius 1 is 1.00 bits per heavy atom. The molecule has 1 heterocycles. The van der Waals surface area contributed by atoms with E-state index in [1.54, 1.807) is 4.90 Å². The van der Waals surface area contributed by atoms with Crippen LogP contribution in [0.1, 0.15) is 62.0 Å². The summed E-state index contributed by atoms with van der Waals surface area (Å²) in [5.74, 6) is -0.981. The van der Waals surface area contributed by atoms with Crippen molar-refractivity contribution >= 4 is 18.0 Å². The number of likely N-dealkylation sites (tertiary alicyclic amines) is 1. The lowest BCUT2D eigenvalue weighted by molar-refractivity contribution is -0.142. The van der Waals surface area contributed by atoms with E-state index in [-0.39, 0.29) is 37.3 Å². The predicted octanol–water partition coefficient (Wildman–Crippen LogP) is 4.30. The summed E-state index contributed by atoms with van der Waals surface area (Å²) in [4.78, 5) is 38.6. The van der Waals surface area contributed by atoms with E-state index >= 15 is 0 Å². The molecule has 2 fully saturated rings. The van der Waals surface area contributed by atoms with Gasteiger partial charge in [-0.25, -0.2) is 4.79 Å². The van der Waals surface area contributed by atoms with E-state index in [1.165, 1.54) is 11.1 Å². The second kappa shape index (κ2) is 9.12. The molecule has 7 nitrogen and oxygen atoms in total. The quantitative estimate of drug-likeness (QED) is 0.640. The SMILES string of the molecule is O=C(O)CC1CCCCN1C(=O)CC1(NC(=O)OCC2c3ccccc3-c3ccccc32)CC1. The second-order valence-electron chi connectivity index (χ2n) is 9.74. The van der Waals surface area contributed by atoms with Crippen molar-refractivity contribution in [2.75, 3.05) is 13.2 Å². The van der Waals surface area contributed by atoms with Gasteiger partial charge in [-0.1, -0.05) is 48.5 Å². The fourth-order valence-corrected chi connectivity index (χ4v) is 5.48. The number of carboxylic acid groups (broad SMARTS) is 1. The smallest absolute Gasteiger partial charge is 0.407 e. The molecular weight excluding hydrogens is 432 g/mol. The molecule has 5 rings (SSSR count). The highest BCUT2D eigenvalue weighted by molar-refractivity contribution is 5.81. The van der Waals surface area contributed by atoms with Crippen LogP contribution in [0.4, 0.5) is 4.79 Å². The van der Waals surface area contributed by atoms with Crippen LogP contribution in [0.25, 0.3) is 11.1 Å². The van der Waals surface area contributed by atoms with Crippen LogP contribution in [-0.4, -0.2) is 52.7 Å². The lowest BCUT2D eigenvalue weighted by Gasteiger charge is -2.36. The van der Waals surface area contributed by atoms with E-state index in [2.05, 4.69) is 29.6 Å². The van der Waals surface area contributed by atoms with Gasteiger partial charge in [0.05, 0.1) is 18.4 Å². The molecule has 0 spiro atoms. The van der Waals surface area contributed by atoms with Crippen molar-refractivity contribution in [3.8, 4) is 11.1 Å². The number of alkyl carbamates (subject to hydrolysis) is 1. The van der Waals surface area contributed by atoms with Crippen LogP contribution < -0.4 is 5.32 Å². The number of amides is 2. The highest BCUT2D eigenvalue weighted by atomic mass is 16.5. The van der Waals surface area contributed by atoms with Gasteiger partial charge in [-0.2, -0.15) is 0 Å². The van der Waals surface area contributed by atoms with Crippen molar-refractivity contribution in [3.05, 3.63) is 59.7 Å². The maximum absolute atomic E-state index is 13.0. The van der Waals surface area contributed by atoms with Crippen molar-refractivity contribution in [2.24, 2.45) is 0 Å². The average molecular weight is 463 g/mol. The van der Waals surface area contributed by atoms with Crippen LogP contribution in [0.2, 0.25) is 0 Å². The first-order valence-corrected chi connectivity index (χ1v) is 12.1. The zero-order chi connectivity index (χ0) is 23.7. The number of fused-ring (bicyclic) bond motifs is 3. The van der Waals surface area contributed by atoms with Crippen LogP contribution in [0.5, 0.6) is 0 Å². The van der Waals surface area contributed by atoms with Crippen LogP contribution in [0.15, 0.2) is 48.5 Å². The Labute approximate surface area is 199 Å². The Bertz CT molecular complexity index is 1060. The van der Waals surface area contributed by atoms with Crippen LogP contribution >= 0.6 is 0 Å². The minimum atomic E-state index is -0.886. The van der Waals surface area contributed by atoms with Gasteiger partial charge in [0.2, 0.25) is 5.91 Å². The number of carboxylic acids is 1. The standard InChI is InChI=1S/C27H30N2O5/c30-24(29-14-6-5-7-18(29)15-25(31)32)16-27(12-13-27)28-26(33)34-17-23-21-10-3-1-8-19(21)20-9-2-4-11-22(20)23/h1-4,8-11,18,23H,5-7,12-17H2,(H,28,33)(H,31,32). The van der Waals surface area contributed by atoms with Gasteiger partial charge in [-0.3, -0.25) is 9.59 Å². The Hall–Kier alpha value is -3.35. The van der Waals surface area contributed by atoms with Gasteiger partial charge < -0.3 is 20.1 Å². The first kappa shape index (κ1) is 22.4. The fraction of sp³-hybridized carbons (Fsp3) is 0.444. The third-order valence-electron chi connectivity index (χ3n) is 7.41. The number of nitrogens with zero attached hydrogens (tertiary/aromatic N) is 1. The molecular formula is C27H30N2O5. The van der Waals surface area contributed by atoms with E-state index in [0.29, 0.717) is 13.0 Å². The van der Waals surface area contributed by atoms with Gasteiger partial charge in [-0.05, 0) is 54.4 Å². The molecule has 2 N–H and O–H groups in total. The lowest BCUT2D eigenvalue weighted by atomic mass is 9.98. The number of piperidine rings is 1. The molecule has 1 saturated heterocycles. The van der Waals surface area contributed by atoms with Crippen molar-refractivity contribution in [2.45, 2.75) is 62.4 Å². The maximum atomic E-state index is 13.0. The topological polar surface area (TPSA) is 95.9 Å². The Balaban J connectivity index is 1.19. The molecule has 2 amide bonds. The normalized spacial score (nSPS) is 20.2. The van der Waals surface area contributed by atoms with Crippen molar-refractivity contribution < 1.29 is 24.2 Å². The number of aliphatic carboxylic acids is 1. The third-order valence-corrected chi connectivity index (χ3v) is 7.41. The molecule has 1 saturated carbocycles. The largest absolute Gasteiger partial charge is 0.481 e. The number of ether oxygens (including phenoxy) is 1. The van der Waals surface area contributed by atoms with Crippen molar-refractivity contribution in [1.82, 2.24) is 10.2 Å². The zero-order valence-corrected chi connectivity index (χ0v) is 19.2. The number of hydrogen-bond acceptors (Lipinski definition) is 4. The first-order valence-electron chi connectivity index (χ1n) is 12.1.